The fourth-order valence-electron chi connectivity index (χ4n) is 3.03. The molecule has 148 valence electrons. The topological polar surface area (TPSA) is 128 Å². The molecule has 0 spiro atoms. The third-order valence-corrected chi connectivity index (χ3v) is 4.61. The normalized spacial score (nSPS) is 18.7. The van der Waals surface area contributed by atoms with E-state index < -0.39 is 24.0 Å². The maximum absolute atomic E-state index is 12.6. The number of carboxylic acid groups (broad SMARTS) is 1. The smallest absolute Gasteiger partial charge is 0.326 e. The zero-order valence-electron chi connectivity index (χ0n) is 15.6. The molecule has 1 fully saturated rings. The van der Waals surface area contributed by atoms with Gasteiger partial charge in [-0.15, -0.1) is 0 Å². The monoisotopic (exact) mass is 377 g/mol. The standard InChI is InChI=1S/C19H27N3O5/c1-11(2)16(22-17(24)14-4-3-9-20-14)18(25)21-15(19(26)27)10-12-5-7-13(23)8-6-12/h5-8,11,14-16,20,23H,3-4,9-10H2,1-2H3,(H,21,25)(H,22,24)(H,26,27). The Balaban J connectivity index is 2.02. The van der Waals surface area contributed by atoms with Crippen molar-refractivity contribution in [3.63, 3.8) is 0 Å². The Bertz CT molecular complexity index is 668. The van der Waals surface area contributed by atoms with Crippen LogP contribution in [0.25, 0.3) is 0 Å². The van der Waals surface area contributed by atoms with Crippen LogP contribution in [0, 0.1) is 5.92 Å². The highest BCUT2D eigenvalue weighted by molar-refractivity contribution is 5.92. The summed E-state index contributed by atoms with van der Waals surface area (Å²) in [6.07, 6.45) is 1.70. The molecule has 0 bridgehead atoms. The van der Waals surface area contributed by atoms with Gasteiger partial charge in [-0.25, -0.2) is 4.79 Å². The molecule has 2 rings (SSSR count). The van der Waals surface area contributed by atoms with Gasteiger partial charge in [0.15, 0.2) is 0 Å². The van der Waals surface area contributed by atoms with E-state index >= 15 is 0 Å². The second-order valence-corrected chi connectivity index (χ2v) is 7.15. The van der Waals surface area contributed by atoms with Crippen molar-refractivity contribution < 1.29 is 24.6 Å². The average molecular weight is 377 g/mol. The van der Waals surface area contributed by atoms with Crippen LogP contribution in [0.15, 0.2) is 24.3 Å². The molecule has 0 aromatic heterocycles. The van der Waals surface area contributed by atoms with Gasteiger partial charge in [-0.2, -0.15) is 0 Å². The molecule has 5 N–H and O–H groups in total. The number of carboxylic acids is 1. The van der Waals surface area contributed by atoms with Crippen molar-refractivity contribution in [3.8, 4) is 5.75 Å². The molecule has 1 saturated heterocycles. The SMILES string of the molecule is CC(C)C(NC(=O)C1CCCN1)C(=O)NC(Cc1ccc(O)cc1)C(=O)O. The van der Waals surface area contributed by atoms with E-state index in [0.717, 1.165) is 19.4 Å². The minimum absolute atomic E-state index is 0.0737. The van der Waals surface area contributed by atoms with Crippen molar-refractivity contribution in [2.75, 3.05) is 6.54 Å². The number of aromatic hydroxyl groups is 1. The molecule has 1 aliphatic heterocycles. The van der Waals surface area contributed by atoms with Gasteiger partial charge >= 0.3 is 5.97 Å². The molecule has 8 nitrogen and oxygen atoms in total. The lowest BCUT2D eigenvalue weighted by Gasteiger charge is -2.25. The first-order valence-electron chi connectivity index (χ1n) is 9.12. The largest absolute Gasteiger partial charge is 0.508 e. The van der Waals surface area contributed by atoms with Crippen LogP contribution in [-0.2, 0) is 20.8 Å². The zero-order chi connectivity index (χ0) is 20.0. The van der Waals surface area contributed by atoms with Gasteiger partial charge in [-0.3, -0.25) is 9.59 Å². The molecule has 1 aromatic carbocycles. The third-order valence-electron chi connectivity index (χ3n) is 4.61. The first-order chi connectivity index (χ1) is 12.8. The van der Waals surface area contributed by atoms with E-state index in [9.17, 15) is 24.6 Å². The molecule has 8 heteroatoms. The number of phenols is 1. The van der Waals surface area contributed by atoms with Crippen LogP contribution in [0.3, 0.4) is 0 Å². The molecule has 0 radical (unpaired) electrons. The number of carbonyl (C=O) groups excluding carboxylic acids is 2. The van der Waals surface area contributed by atoms with E-state index in [4.69, 9.17) is 0 Å². The predicted octanol–water partition coefficient (Wildman–Crippen LogP) is 0.397. The lowest BCUT2D eigenvalue weighted by Crippen LogP contribution is -2.56. The summed E-state index contributed by atoms with van der Waals surface area (Å²) in [7, 11) is 0. The number of aliphatic carboxylic acids is 1. The van der Waals surface area contributed by atoms with Crippen molar-refractivity contribution in [1.82, 2.24) is 16.0 Å². The fourth-order valence-corrected chi connectivity index (χ4v) is 3.03. The number of amides is 2. The van der Waals surface area contributed by atoms with Crippen molar-refractivity contribution in [3.05, 3.63) is 29.8 Å². The third kappa shape index (κ3) is 5.96. The second-order valence-electron chi connectivity index (χ2n) is 7.15. The van der Waals surface area contributed by atoms with Gasteiger partial charge in [0.1, 0.15) is 17.8 Å². The summed E-state index contributed by atoms with van der Waals surface area (Å²) in [5, 5.41) is 27.1. The van der Waals surface area contributed by atoms with Crippen molar-refractivity contribution >= 4 is 17.8 Å². The van der Waals surface area contributed by atoms with E-state index in [1.807, 2.05) is 0 Å². The Morgan fingerprint density at radius 3 is 2.37 bits per heavy atom. The summed E-state index contributed by atoms with van der Waals surface area (Å²) in [5.74, 6) is -2.05. The molecule has 0 aliphatic carbocycles. The van der Waals surface area contributed by atoms with Crippen LogP contribution in [0.1, 0.15) is 32.3 Å². The van der Waals surface area contributed by atoms with Crippen LogP contribution < -0.4 is 16.0 Å². The lowest BCUT2D eigenvalue weighted by atomic mass is 10.0. The average Bonchev–Trinajstić information content (AvgIpc) is 3.15. The molecule has 3 unspecified atom stereocenters. The van der Waals surface area contributed by atoms with Crippen molar-refractivity contribution in [2.24, 2.45) is 5.92 Å². The number of hydrogen-bond acceptors (Lipinski definition) is 5. The molecular weight excluding hydrogens is 350 g/mol. The van der Waals surface area contributed by atoms with Gasteiger partial charge in [0.25, 0.3) is 0 Å². The highest BCUT2D eigenvalue weighted by Gasteiger charge is 2.31. The molecule has 2 amide bonds. The Hall–Kier alpha value is -2.61. The summed E-state index contributed by atoms with van der Waals surface area (Å²) in [4.78, 5) is 36.5. The molecular formula is C19H27N3O5. The maximum atomic E-state index is 12.6. The Morgan fingerprint density at radius 1 is 1.19 bits per heavy atom. The second kappa shape index (κ2) is 9.36. The summed E-state index contributed by atoms with van der Waals surface area (Å²) in [6, 6.07) is 3.86. The fraction of sp³-hybridized carbons (Fsp3) is 0.526. The zero-order valence-corrected chi connectivity index (χ0v) is 15.6. The van der Waals surface area contributed by atoms with E-state index in [-0.39, 0.29) is 30.0 Å². The summed E-state index contributed by atoms with van der Waals surface area (Å²) < 4.78 is 0. The molecule has 3 atom stereocenters. The van der Waals surface area contributed by atoms with Crippen LogP contribution in [-0.4, -0.2) is 52.7 Å². The van der Waals surface area contributed by atoms with Gasteiger partial charge in [-0.1, -0.05) is 26.0 Å². The van der Waals surface area contributed by atoms with Gasteiger partial charge in [0.2, 0.25) is 11.8 Å². The molecule has 0 saturated carbocycles. The van der Waals surface area contributed by atoms with E-state index in [2.05, 4.69) is 16.0 Å². The van der Waals surface area contributed by atoms with Crippen molar-refractivity contribution in [1.29, 1.82) is 0 Å². The van der Waals surface area contributed by atoms with Gasteiger partial charge in [0.05, 0.1) is 6.04 Å². The Morgan fingerprint density at radius 2 is 1.85 bits per heavy atom. The summed E-state index contributed by atoms with van der Waals surface area (Å²) in [6.45, 7) is 4.36. The number of phenolic OH excluding ortho intramolecular Hbond substituents is 1. The number of benzene rings is 1. The van der Waals surface area contributed by atoms with Gasteiger partial charge in [0, 0.05) is 6.42 Å². The Kier molecular flexibility index (Phi) is 7.18. The van der Waals surface area contributed by atoms with Crippen molar-refractivity contribution in [2.45, 2.75) is 51.2 Å². The van der Waals surface area contributed by atoms with Crippen LogP contribution in [0.2, 0.25) is 0 Å². The minimum Gasteiger partial charge on any atom is -0.508 e. The summed E-state index contributed by atoms with van der Waals surface area (Å²) >= 11 is 0. The van der Waals surface area contributed by atoms with E-state index in [0.29, 0.717) is 5.56 Å². The summed E-state index contributed by atoms with van der Waals surface area (Å²) in [5.41, 5.74) is 0.667. The van der Waals surface area contributed by atoms with Crippen LogP contribution >= 0.6 is 0 Å². The Labute approximate surface area is 158 Å². The van der Waals surface area contributed by atoms with Crippen LogP contribution in [0.5, 0.6) is 5.75 Å². The van der Waals surface area contributed by atoms with Gasteiger partial charge < -0.3 is 26.2 Å². The number of rotatable bonds is 8. The lowest BCUT2D eigenvalue weighted by molar-refractivity contribution is -0.142. The highest BCUT2D eigenvalue weighted by atomic mass is 16.4. The number of carbonyl (C=O) groups is 3. The number of nitrogens with one attached hydrogen (secondary N) is 3. The van der Waals surface area contributed by atoms with E-state index in [1.165, 1.54) is 12.1 Å². The molecule has 1 aromatic rings. The molecule has 1 heterocycles. The number of hydrogen-bond donors (Lipinski definition) is 5. The minimum atomic E-state index is -1.16. The van der Waals surface area contributed by atoms with Gasteiger partial charge in [-0.05, 0) is 43.0 Å². The molecule has 27 heavy (non-hydrogen) atoms. The van der Waals surface area contributed by atoms with E-state index in [1.54, 1.807) is 26.0 Å². The first kappa shape index (κ1) is 20.7. The quantitative estimate of drug-likeness (QED) is 0.446. The highest BCUT2D eigenvalue weighted by Crippen LogP contribution is 2.12. The van der Waals surface area contributed by atoms with Crippen LogP contribution in [0.4, 0.5) is 0 Å². The first-order valence-corrected chi connectivity index (χ1v) is 9.12. The molecule has 1 aliphatic rings. The predicted molar refractivity (Wildman–Crippen MR) is 99.2 cm³/mol. The maximum Gasteiger partial charge on any atom is 0.326 e.